The zero-order valence-corrected chi connectivity index (χ0v) is 18.7. The number of carbonyl (C=O) groups is 1. The number of anilines is 1. The molecule has 2 aromatic heterocycles. The summed E-state index contributed by atoms with van der Waals surface area (Å²) in [4.78, 5) is 32.8. The number of aromatic nitrogens is 2. The molecule has 0 atom stereocenters. The van der Waals surface area contributed by atoms with Gasteiger partial charge >= 0.3 is 0 Å². The van der Waals surface area contributed by atoms with E-state index in [4.69, 9.17) is 12.2 Å². The van der Waals surface area contributed by atoms with Gasteiger partial charge in [-0.2, -0.15) is 0 Å². The molecule has 29 heavy (non-hydrogen) atoms. The molecule has 0 aromatic carbocycles. The number of pyridine rings is 1. The number of carbonyl (C=O) groups excluding carboxylic acids is 1. The minimum absolute atomic E-state index is 0.133. The normalized spacial score (nSPS) is 15.7. The summed E-state index contributed by atoms with van der Waals surface area (Å²) in [6.07, 6.45) is 7.35. The molecule has 0 bridgehead atoms. The fraction of sp³-hybridized carbons (Fsp3) is 0.429. The highest BCUT2D eigenvalue weighted by Gasteiger charge is 2.32. The molecule has 1 fully saturated rings. The molecule has 0 radical (unpaired) electrons. The fourth-order valence-corrected chi connectivity index (χ4v) is 4.40. The SMILES string of the molecule is CCCCCN1C(=O)C(=Cc2c(NCCC)nc3ccc(C)cn3c2=O)SC1=S. The zero-order chi connectivity index (χ0) is 21.0. The van der Waals surface area contributed by atoms with Gasteiger partial charge in [0.25, 0.3) is 11.5 Å². The van der Waals surface area contributed by atoms with Crippen molar-refractivity contribution >= 4 is 51.7 Å². The summed E-state index contributed by atoms with van der Waals surface area (Å²) in [7, 11) is 0. The van der Waals surface area contributed by atoms with Gasteiger partial charge in [0.15, 0.2) is 0 Å². The van der Waals surface area contributed by atoms with Gasteiger partial charge < -0.3 is 5.32 Å². The van der Waals surface area contributed by atoms with Crippen molar-refractivity contribution in [2.45, 2.75) is 46.5 Å². The third-order valence-electron chi connectivity index (χ3n) is 4.68. The van der Waals surface area contributed by atoms with Gasteiger partial charge in [-0.3, -0.25) is 18.9 Å². The van der Waals surface area contributed by atoms with Crippen molar-refractivity contribution in [2.75, 3.05) is 18.4 Å². The van der Waals surface area contributed by atoms with Crippen LogP contribution in [0.1, 0.15) is 50.7 Å². The standard InChI is InChI=1S/C21H26N4O2S2/c1-4-6-7-11-24-20(27)16(29-21(24)28)12-15-18(22-10-5-2)23-17-9-8-14(3)13-25(17)19(15)26/h8-9,12-13,22H,4-7,10-11H2,1-3H3. The number of nitrogens with zero attached hydrogens (tertiary/aromatic N) is 3. The van der Waals surface area contributed by atoms with E-state index in [9.17, 15) is 9.59 Å². The highest BCUT2D eigenvalue weighted by atomic mass is 32.2. The molecule has 1 aliphatic heterocycles. The number of unbranched alkanes of at least 4 members (excludes halogenated alkanes) is 2. The Morgan fingerprint density at radius 1 is 1.21 bits per heavy atom. The Morgan fingerprint density at radius 2 is 2.00 bits per heavy atom. The molecule has 6 nitrogen and oxygen atoms in total. The molecule has 0 unspecified atom stereocenters. The molecule has 2 aromatic rings. The van der Waals surface area contributed by atoms with E-state index in [-0.39, 0.29) is 11.5 Å². The predicted octanol–water partition coefficient (Wildman–Crippen LogP) is 4.22. The molecule has 0 spiro atoms. The largest absolute Gasteiger partial charge is 0.369 e. The molecular weight excluding hydrogens is 404 g/mol. The maximum Gasteiger partial charge on any atom is 0.267 e. The number of thiocarbonyl (C=S) groups is 1. The lowest BCUT2D eigenvalue weighted by Gasteiger charge is -2.13. The van der Waals surface area contributed by atoms with E-state index in [1.165, 1.54) is 16.2 Å². The molecule has 0 aliphatic carbocycles. The van der Waals surface area contributed by atoms with Crippen LogP contribution in [0.5, 0.6) is 0 Å². The minimum atomic E-state index is -0.200. The Labute approximate surface area is 180 Å². The number of aryl methyl sites for hydroxylation is 1. The molecule has 8 heteroatoms. The summed E-state index contributed by atoms with van der Waals surface area (Å²) in [6, 6.07) is 3.75. The third kappa shape index (κ3) is 4.70. The third-order valence-corrected chi connectivity index (χ3v) is 6.06. The molecule has 1 saturated heterocycles. The number of fused-ring (bicyclic) bond motifs is 1. The van der Waals surface area contributed by atoms with Crippen LogP contribution >= 0.6 is 24.0 Å². The number of rotatable bonds is 8. The lowest BCUT2D eigenvalue weighted by molar-refractivity contribution is -0.122. The van der Waals surface area contributed by atoms with E-state index in [0.29, 0.717) is 39.3 Å². The van der Waals surface area contributed by atoms with Crippen LogP contribution in [0.3, 0.4) is 0 Å². The quantitative estimate of drug-likeness (QED) is 0.384. The second kappa shape index (κ2) is 9.54. The van der Waals surface area contributed by atoms with E-state index in [2.05, 4.69) is 17.2 Å². The van der Waals surface area contributed by atoms with Crippen molar-refractivity contribution in [1.29, 1.82) is 0 Å². The topological polar surface area (TPSA) is 66.7 Å². The van der Waals surface area contributed by atoms with Crippen LogP contribution in [0.4, 0.5) is 5.82 Å². The number of hydrogen-bond donors (Lipinski definition) is 1. The smallest absolute Gasteiger partial charge is 0.267 e. The zero-order valence-electron chi connectivity index (χ0n) is 17.0. The van der Waals surface area contributed by atoms with E-state index >= 15 is 0 Å². The Morgan fingerprint density at radius 3 is 2.72 bits per heavy atom. The fourth-order valence-electron chi connectivity index (χ4n) is 3.11. The van der Waals surface area contributed by atoms with Gasteiger partial charge in [-0.15, -0.1) is 0 Å². The molecule has 1 amide bonds. The van der Waals surface area contributed by atoms with E-state index < -0.39 is 0 Å². The first-order chi connectivity index (χ1) is 14.0. The van der Waals surface area contributed by atoms with Crippen LogP contribution in [-0.4, -0.2) is 37.6 Å². The maximum atomic E-state index is 13.2. The summed E-state index contributed by atoms with van der Waals surface area (Å²) in [6.45, 7) is 7.40. The van der Waals surface area contributed by atoms with Crippen LogP contribution in [0.2, 0.25) is 0 Å². The van der Waals surface area contributed by atoms with E-state index in [1.54, 1.807) is 17.2 Å². The number of hydrogen-bond acceptors (Lipinski definition) is 6. The first-order valence-electron chi connectivity index (χ1n) is 9.98. The van der Waals surface area contributed by atoms with Crippen LogP contribution in [-0.2, 0) is 4.79 Å². The van der Waals surface area contributed by atoms with Gasteiger partial charge in [0.1, 0.15) is 15.8 Å². The molecule has 3 rings (SSSR count). The summed E-state index contributed by atoms with van der Waals surface area (Å²) < 4.78 is 2.07. The molecule has 3 heterocycles. The molecule has 1 aliphatic rings. The summed E-state index contributed by atoms with van der Waals surface area (Å²) in [5.74, 6) is 0.364. The second-order valence-electron chi connectivity index (χ2n) is 7.08. The summed E-state index contributed by atoms with van der Waals surface area (Å²) in [5.41, 5.74) is 1.72. The van der Waals surface area contributed by atoms with Crippen molar-refractivity contribution < 1.29 is 4.79 Å². The Balaban J connectivity index is 2.03. The van der Waals surface area contributed by atoms with Crippen molar-refractivity contribution in [3.8, 4) is 0 Å². The minimum Gasteiger partial charge on any atom is -0.369 e. The van der Waals surface area contributed by atoms with Gasteiger partial charge in [0.2, 0.25) is 0 Å². The molecule has 0 saturated carbocycles. The average molecular weight is 431 g/mol. The second-order valence-corrected chi connectivity index (χ2v) is 8.76. The molecular formula is C21H26N4O2S2. The van der Waals surface area contributed by atoms with Gasteiger partial charge in [0.05, 0.1) is 10.5 Å². The van der Waals surface area contributed by atoms with Gasteiger partial charge in [-0.05, 0) is 37.5 Å². The molecule has 154 valence electrons. The highest BCUT2D eigenvalue weighted by Crippen LogP contribution is 2.33. The van der Waals surface area contributed by atoms with Gasteiger partial charge in [-0.25, -0.2) is 4.98 Å². The van der Waals surface area contributed by atoms with Gasteiger partial charge in [0, 0.05) is 19.3 Å². The first kappa shape index (κ1) is 21.5. The van der Waals surface area contributed by atoms with Crippen LogP contribution in [0.15, 0.2) is 28.0 Å². The lowest BCUT2D eigenvalue weighted by atomic mass is 10.2. The Kier molecular flexibility index (Phi) is 7.08. The van der Waals surface area contributed by atoms with Crippen molar-refractivity contribution in [3.05, 3.63) is 44.7 Å². The number of amides is 1. The number of nitrogens with one attached hydrogen (secondary N) is 1. The van der Waals surface area contributed by atoms with Crippen LogP contribution in [0, 0.1) is 6.92 Å². The van der Waals surface area contributed by atoms with Crippen molar-refractivity contribution in [2.24, 2.45) is 0 Å². The van der Waals surface area contributed by atoms with E-state index in [0.717, 1.165) is 31.2 Å². The van der Waals surface area contributed by atoms with Crippen LogP contribution in [0.25, 0.3) is 11.7 Å². The highest BCUT2D eigenvalue weighted by molar-refractivity contribution is 8.26. The number of thioether (sulfide) groups is 1. The summed E-state index contributed by atoms with van der Waals surface area (Å²) >= 11 is 6.65. The predicted molar refractivity (Wildman–Crippen MR) is 124 cm³/mol. The average Bonchev–Trinajstić information content (AvgIpc) is 2.97. The van der Waals surface area contributed by atoms with Gasteiger partial charge in [-0.1, -0.05) is 56.7 Å². The van der Waals surface area contributed by atoms with E-state index in [1.807, 2.05) is 26.0 Å². The van der Waals surface area contributed by atoms with Crippen molar-refractivity contribution in [1.82, 2.24) is 14.3 Å². The first-order valence-corrected chi connectivity index (χ1v) is 11.2. The van der Waals surface area contributed by atoms with Crippen molar-refractivity contribution in [3.63, 3.8) is 0 Å². The Hall–Kier alpha value is -2.19. The summed E-state index contributed by atoms with van der Waals surface area (Å²) in [5, 5.41) is 3.23. The lowest BCUT2D eigenvalue weighted by Crippen LogP contribution is -2.29. The maximum absolute atomic E-state index is 13.2. The monoisotopic (exact) mass is 430 g/mol. The Bertz CT molecular complexity index is 1030. The van der Waals surface area contributed by atoms with Crippen LogP contribution < -0.4 is 10.9 Å². The molecule has 1 N–H and O–H groups in total.